The number of anilines is 1. The molecular weight excluding hydrogens is 402 g/mol. The third kappa shape index (κ3) is 5.32. The molecule has 0 bridgehead atoms. The van der Waals surface area contributed by atoms with Gasteiger partial charge in [-0.2, -0.15) is 5.10 Å². The average molecular weight is 420 g/mol. The molecule has 0 fully saturated rings. The minimum atomic E-state index is -0.930. The van der Waals surface area contributed by atoms with Gasteiger partial charge >= 0.3 is 0 Å². The van der Waals surface area contributed by atoms with E-state index in [0.29, 0.717) is 21.5 Å². The summed E-state index contributed by atoms with van der Waals surface area (Å²) in [7, 11) is 1.55. The summed E-state index contributed by atoms with van der Waals surface area (Å²) in [4.78, 5) is 24.2. The highest BCUT2D eigenvalue weighted by atomic mass is 79.9. The Bertz CT molecular complexity index is 822. The Hall–Kier alpha value is -2.87. The number of carbonyl (C=O) groups is 2. The quantitative estimate of drug-likeness (QED) is 0.380. The number of nitrogens with zero attached hydrogens (tertiary/aromatic N) is 1. The number of hydrazone groups is 1. The minimum absolute atomic E-state index is 0.106. The fourth-order valence-corrected chi connectivity index (χ4v) is 2.31. The molecule has 1 unspecified atom stereocenters. The Morgan fingerprint density at radius 3 is 2.50 bits per heavy atom. The highest BCUT2D eigenvalue weighted by Gasteiger charge is 2.21. The Morgan fingerprint density at radius 2 is 1.88 bits per heavy atom. The normalized spacial score (nSPS) is 11.8. The SMILES string of the molecule is COc1ccc(NC(=O)C(C)C(=O)NN=Cc2ccc(O)c(Br)c2)cc1. The largest absolute Gasteiger partial charge is 0.507 e. The smallest absolute Gasteiger partial charge is 0.252 e. The molecular formula is C18H18BrN3O4. The predicted molar refractivity (Wildman–Crippen MR) is 102 cm³/mol. The molecule has 26 heavy (non-hydrogen) atoms. The number of phenolic OH excluding ortho intramolecular Hbond substituents is 1. The van der Waals surface area contributed by atoms with Crippen LogP contribution in [0.3, 0.4) is 0 Å². The summed E-state index contributed by atoms with van der Waals surface area (Å²) in [6, 6.07) is 11.6. The monoisotopic (exact) mass is 419 g/mol. The van der Waals surface area contributed by atoms with Crippen LogP contribution in [0.1, 0.15) is 12.5 Å². The number of phenols is 1. The van der Waals surface area contributed by atoms with E-state index in [1.54, 1.807) is 43.5 Å². The Morgan fingerprint density at radius 1 is 1.19 bits per heavy atom. The third-order valence-corrected chi connectivity index (χ3v) is 4.14. The second-order valence-electron chi connectivity index (χ2n) is 5.38. The molecule has 0 spiro atoms. The van der Waals surface area contributed by atoms with E-state index in [4.69, 9.17) is 4.74 Å². The summed E-state index contributed by atoms with van der Waals surface area (Å²) in [5.74, 6) is -1.14. The van der Waals surface area contributed by atoms with Crippen LogP contribution in [-0.2, 0) is 9.59 Å². The molecule has 0 radical (unpaired) electrons. The van der Waals surface area contributed by atoms with Crippen molar-refractivity contribution in [1.29, 1.82) is 0 Å². The molecule has 2 rings (SSSR count). The van der Waals surface area contributed by atoms with Gasteiger partial charge in [0.2, 0.25) is 5.91 Å². The summed E-state index contributed by atoms with van der Waals surface area (Å²) in [6.45, 7) is 1.49. The van der Waals surface area contributed by atoms with Crippen LogP contribution in [0.4, 0.5) is 5.69 Å². The molecule has 0 aromatic heterocycles. The van der Waals surface area contributed by atoms with Crippen LogP contribution in [0, 0.1) is 5.92 Å². The van der Waals surface area contributed by atoms with Crippen molar-refractivity contribution in [3.05, 3.63) is 52.5 Å². The van der Waals surface area contributed by atoms with Crippen LogP contribution in [-0.4, -0.2) is 30.2 Å². The molecule has 2 aromatic carbocycles. The Balaban J connectivity index is 1.89. The fraction of sp³-hybridized carbons (Fsp3) is 0.167. The number of amides is 2. The standard InChI is InChI=1S/C18H18BrN3O4/c1-11(17(24)21-13-4-6-14(26-2)7-5-13)18(25)22-20-10-12-3-8-16(23)15(19)9-12/h3-11,23H,1-2H3,(H,21,24)(H,22,25). The van der Waals surface area contributed by atoms with E-state index in [2.05, 4.69) is 31.8 Å². The van der Waals surface area contributed by atoms with Crippen molar-refractivity contribution in [2.45, 2.75) is 6.92 Å². The molecule has 2 aromatic rings. The minimum Gasteiger partial charge on any atom is -0.507 e. The number of nitrogens with one attached hydrogen (secondary N) is 2. The molecule has 0 aliphatic heterocycles. The second-order valence-corrected chi connectivity index (χ2v) is 6.24. The van der Waals surface area contributed by atoms with Gasteiger partial charge in [-0.15, -0.1) is 0 Å². The molecule has 0 saturated heterocycles. The van der Waals surface area contributed by atoms with Crippen LogP contribution in [0.15, 0.2) is 52.0 Å². The molecule has 3 N–H and O–H groups in total. The zero-order valence-electron chi connectivity index (χ0n) is 14.2. The Kier molecular flexibility index (Phi) is 6.74. The van der Waals surface area contributed by atoms with E-state index >= 15 is 0 Å². The van der Waals surface area contributed by atoms with Gasteiger partial charge in [0.05, 0.1) is 17.8 Å². The van der Waals surface area contributed by atoms with Gasteiger partial charge in [-0.3, -0.25) is 9.59 Å². The van der Waals surface area contributed by atoms with Gasteiger partial charge in [-0.25, -0.2) is 5.43 Å². The van der Waals surface area contributed by atoms with Crippen LogP contribution in [0.5, 0.6) is 11.5 Å². The van der Waals surface area contributed by atoms with E-state index in [1.807, 2.05) is 0 Å². The topological polar surface area (TPSA) is 100 Å². The zero-order chi connectivity index (χ0) is 19.1. The highest BCUT2D eigenvalue weighted by Crippen LogP contribution is 2.23. The van der Waals surface area contributed by atoms with Crippen molar-refractivity contribution in [2.24, 2.45) is 11.0 Å². The number of ether oxygens (including phenoxy) is 1. The fourth-order valence-electron chi connectivity index (χ4n) is 1.91. The summed E-state index contributed by atoms with van der Waals surface area (Å²) >= 11 is 3.19. The van der Waals surface area contributed by atoms with Crippen molar-refractivity contribution in [1.82, 2.24) is 5.43 Å². The molecule has 8 heteroatoms. The molecule has 136 valence electrons. The maximum atomic E-state index is 12.1. The number of methoxy groups -OCH3 is 1. The average Bonchev–Trinajstić information content (AvgIpc) is 2.64. The first kappa shape index (κ1) is 19.5. The lowest BCUT2D eigenvalue weighted by Crippen LogP contribution is -2.34. The van der Waals surface area contributed by atoms with E-state index < -0.39 is 17.7 Å². The summed E-state index contributed by atoms with van der Waals surface area (Å²) in [5.41, 5.74) is 3.56. The van der Waals surface area contributed by atoms with Crippen molar-refractivity contribution in [3.8, 4) is 11.5 Å². The van der Waals surface area contributed by atoms with Crippen molar-refractivity contribution in [2.75, 3.05) is 12.4 Å². The van der Waals surface area contributed by atoms with Crippen LogP contribution in [0.25, 0.3) is 0 Å². The molecule has 1 atom stereocenters. The van der Waals surface area contributed by atoms with E-state index in [9.17, 15) is 14.7 Å². The number of rotatable bonds is 6. The van der Waals surface area contributed by atoms with Crippen molar-refractivity contribution >= 4 is 39.6 Å². The maximum absolute atomic E-state index is 12.1. The van der Waals surface area contributed by atoms with E-state index in [0.717, 1.165) is 0 Å². The summed E-state index contributed by atoms with van der Waals surface area (Å²) in [5, 5.41) is 15.9. The van der Waals surface area contributed by atoms with Crippen molar-refractivity contribution < 1.29 is 19.4 Å². The number of benzene rings is 2. The number of halogens is 1. The second kappa shape index (κ2) is 9.00. The van der Waals surface area contributed by atoms with Gasteiger partial charge < -0.3 is 15.2 Å². The first-order valence-corrected chi connectivity index (χ1v) is 8.46. The van der Waals surface area contributed by atoms with Gasteiger partial charge in [0, 0.05) is 5.69 Å². The lowest BCUT2D eigenvalue weighted by molar-refractivity contribution is -0.131. The third-order valence-electron chi connectivity index (χ3n) is 3.50. The predicted octanol–water partition coefficient (Wildman–Crippen LogP) is 2.89. The van der Waals surface area contributed by atoms with E-state index in [-0.39, 0.29) is 5.75 Å². The molecule has 7 nitrogen and oxygen atoms in total. The Labute approximate surface area is 159 Å². The number of hydrogen-bond donors (Lipinski definition) is 3. The van der Waals surface area contributed by atoms with Crippen LogP contribution >= 0.6 is 15.9 Å². The molecule has 2 amide bonds. The zero-order valence-corrected chi connectivity index (χ0v) is 15.8. The summed E-state index contributed by atoms with van der Waals surface area (Å²) in [6.07, 6.45) is 1.41. The van der Waals surface area contributed by atoms with E-state index in [1.165, 1.54) is 19.2 Å². The van der Waals surface area contributed by atoms with Gasteiger partial charge in [0.1, 0.15) is 17.4 Å². The molecule has 0 saturated carbocycles. The van der Waals surface area contributed by atoms with Gasteiger partial charge in [-0.1, -0.05) is 0 Å². The van der Waals surface area contributed by atoms with Gasteiger partial charge in [0.25, 0.3) is 5.91 Å². The summed E-state index contributed by atoms with van der Waals surface area (Å²) < 4.78 is 5.56. The van der Waals surface area contributed by atoms with Gasteiger partial charge in [0.15, 0.2) is 0 Å². The first-order chi connectivity index (χ1) is 12.4. The molecule has 0 aliphatic carbocycles. The van der Waals surface area contributed by atoms with Crippen molar-refractivity contribution in [3.63, 3.8) is 0 Å². The maximum Gasteiger partial charge on any atom is 0.252 e. The molecule has 0 aliphatic rings. The van der Waals surface area contributed by atoms with Crippen LogP contribution < -0.4 is 15.5 Å². The molecule has 0 heterocycles. The van der Waals surface area contributed by atoms with Gasteiger partial charge in [-0.05, 0) is 70.9 Å². The number of aromatic hydroxyl groups is 1. The lowest BCUT2D eigenvalue weighted by Gasteiger charge is -2.11. The number of hydrogen-bond acceptors (Lipinski definition) is 5. The lowest BCUT2D eigenvalue weighted by atomic mass is 10.1. The van der Waals surface area contributed by atoms with Crippen LogP contribution in [0.2, 0.25) is 0 Å². The first-order valence-electron chi connectivity index (χ1n) is 7.67. The highest BCUT2D eigenvalue weighted by molar-refractivity contribution is 9.10. The number of carbonyl (C=O) groups excluding carboxylic acids is 2.